The van der Waals surface area contributed by atoms with Crippen LogP contribution in [0.2, 0.25) is 0 Å². The maximum atomic E-state index is 5.19. The number of nitrogens with zero attached hydrogens (tertiary/aromatic N) is 3. The van der Waals surface area contributed by atoms with Crippen molar-refractivity contribution in [3.63, 3.8) is 0 Å². The fourth-order valence-corrected chi connectivity index (χ4v) is 2.20. The van der Waals surface area contributed by atoms with E-state index in [4.69, 9.17) is 4.74 Å². The highest BCUT2D eigenvalue weighted by Crippen LogP contribution is 2.21. The summed E-state index contributed by atoms with van der Waals surface area (Å²) in [7, 11) is 3.67. The average Bonchev–Trinajstić information content (AvgIpc) is 2.80. The van der Waals surface area contributed by atoms with Crippen LogP contribution >= 0.6 is 0 Å². The molecule has 94 valence electrons. The van der Waals surface area contributed by atoms with E-state index >= 15 is 0 Å². The predicted octanol–water partition coefficient (Wildman–Crippen LogP) is 0.669. The molecule has 1 N–H and O–H groups in total. The quantitative estimate of drug-likeness (QED) is 0.814. The molecule has 1 fully saturated rings. The van der Waals surface area contributed by atoms with E-state index < -0.39 is 0 Å². The number of hydrogen-bond acceptors (Lipinski definition) is 5. The molecule has 17 heavy (non-hydrogen) atoms. The zero-order valence-corrected chi connectivity index (χ0v) is 10.5. The Morgan fingerprint density at radius 1 is 1.47 bits per heavy atom. The lowest BCUT2D eigenvalue weighted by Gasteiger charge is -2.17. The first-order valence-electron chi connectivity index (χ1n) is 6.03. The molecule has 1 aromatic rings. The minimum atomic E-state index is 0.624. The van der Waals surface area contributed by atoms with E-state index in [2.05, 4.69) is 20.2 Å². The normalized spacial score (nSPS) is 19.9. The summed E-state index contributed by atoms with van der Waals surface area (Å²) in [6, 6.07) is 0. The number of aromatic nitrogens is 2. The molecule has 1 saturated heterocycles. The molecule has 2 rings (SSSR count). The summed E-state index contributed by atoms with van der Waals surface area (Å²) in [5, 5.41) is 3.06. The molecule has 1 atom stereocenters. The van der Waals surface area contributed by atoms with Crippen LogP contribution in [0.25, 0.3) is 0 Å². The number of methoxy groups -OCH3 is 1. The summed E-state index contributed by atoms with van der Waals surface area (Å²) in [6.07, 6.45) is 4.88. The standard InChI is InChI=1S/C12H20N4O/c1-13-5-11-6-15-12(7-14-11)16-4-3-10(8-16)9-17-2/h6-7,10,13H,3-5,8-9H2,1-2H3. The highest BCUT2D eigenvalue weighted by Gasteiger charge is 2.23. The third kappa shape index (κ3) is 3.14. The van der Waals surface area contributed by atoms with Crippen LogP contribution in [0.5, 0.6) is 0 Å². The maximum Gasteiger partial charge on any atom is 0.147 e. The van der Waals surface area contributed by atoms with Gasteiger partial charge in [-0.15, -0.1) is 0 Å². The van der Waals surface area contributed by atoms with Crippen LogP contribution in [0.4, 0.5) is 5.82 Å². The van der Waals surface area contributed by atoms with Gasteiger partial charge in [-0.2, -0.15) is 0 Å². The molecule has 5 nitrogen and oxygen atoms in total. The van der Waals surface area contributed by atoms with Crippen LogP contribution in [0.15, 0.2) is 12.4 Å². The minimum absolute atomic E-state index is 0.624. The lowest BCUT2D eigenvalue weighted by atomic mass is 10.1. The van der Waals surface area contributed by atoms with Gasteiger partial charge in [0.05, 0.1) is 24.7 Å². The fourth-order valence-electron chi connectivity index (χ4n) is 2.20. The molecule has 2 heterocycles. The Labute approximate surface area is 102 Å². The SMILES string of the molecule is CNCc1cnc(N2CCC(COC)C2)cn1. The first-order chi connectivity index (χ1) is 8.33. The lowest BCUT2D eigenvalue weighted by molar-refractivity contribution is 0.161. The van der Waals surface area contributed by atoms with Crippen molar-refractivity contribution in [2.75, 3.05) is 38.8 Å². The largest absolute Gasteiger partial charge is 0.384 e. The van der Waals surface area contributed by atoms with Gasteiger partial charge in [0.25, 0.3) is 0 Å². The van der Waals surface area contributed by atoms with Crippen molar-refractivity contribution in [2.45, 2.75) is 13.0 Å². The van der Waals surface area contributed by atoms with Gasteiger partial charge in [-0.25, -0.2) is 4.98 Å². The van der Waals surface area contributed by atoms with Crippen molar-refractivity contribution in [3.05, 3.63) is 18.1 Å². The topological polar surface area (TPSA) is 50.3 Å². The molecule has 1 aliphatic rings. The molecule has 0 saturated carbocycles. The molecule has 5 heteroatoms. The summed E-state index contributed by atoms with van der Waals surface area (Å²) in [5.41, 5.74) is 0.976. The van der Waals surface area contributed by atoms with Crippen LogP contribution in [0.1, 0.15) is 12.1 Å². The van der Waals surface area contributed by atoms with Gasteiger partial charge in [-0.3, -0.25) is 4.98 Å². The van der Waals surface area contributed by atoms with Crippen LogP contribution in [0, 0.1) is 5.92 Å². The number of nitrogens with one attached hydrogen (secondary N) is 1. The number of ether oxygens (including phenoxy) is 1. The summed E-state index contributed by atoms with van der Waals surface area (Å²) >= 11 is 0. The molecule has 0 aromatic carbocycles. The first-order valence-corrected chi connectivity index (χ1v) is 6.03. The van der Waals surface area contributed by atoms with Crippen LogP contribution in [-0.2, 0) is 11.3 Å². The van der Waals surface area contributed by atoms with Crippen molar-refractivity contribution in [2.24, 2.45) is 5.92 Å². The van der Waals surface area contributed by atoms with E-state index in [-0.39, 0.29) is 0 Å². The van der Waals surface area contributed by atoms with E-state index in [0.29, 0.717) is 5.92 Å². The highest BCUT2D eigenvalue weighted by molar-refractivity contribution is 5.37. The molecule has 1 aromatic heterocycles. The minimum Gasteiger partial charge on any atom is -0.384 e. The molecular formula is C12H20N4O. The third-order valence-electron chi connectivity index (χ3n) is 3.06. The van der Waals surface area contributed by atoms with E-state index in [9.17, 15) is 0 Å². The zero-order valence-electron chi connectivity index (χ0n) is 10.5. The van der Waals surface area contributed by atoms with E-state index in [1.165, 1.54) is 6.42 Å². The molecule has 0 amide bonds. The van der Waals surface area contributed by atoms with Gasteiger partial charge in [-0.05, 0) is 13.5 Å². The van der Waals surface area contributed by atoms with E-state index in [1.54, 1.807) is 7.11 Å². The van der Waals surface area contributed by atoms with Crippen molar-refractivity contribution in [1.82, 2.24) is 15.3 Å². The molecule has 0 radical (unpaired) electrons. The highest BCUT2D eigenvalue weighted by atomic mass is 16.5. The van der Waals surface area contributed by atoms with Gasteiger partial charge in [0.2, 0.25) is 0 Å². The molecular weight excluding hydrogens is 216 g/mol. The third-order valence-corrected chi connectivity index (χ3v) is 3.06. The van der Waals surface area contributed by atoms with Gasteiger partial charge in [0.15, 0.2) is 0 Å². The van der Waals surface area contributed by atoms with Crippen LogP contribution in [0.3, 0.4) is 0 Å². The summed E-state index contributed by atoms with van der Waals surface area (Å²) in [5.74, 6) is 1.60. The summed E-state index contributed by atoms with van der Waals surface area (Å²) < 4.78 is 5.19. The van der Waals surface area contributed by atoms with Gasteiger partial charge >= 0.3 is 0 Å². The molecule has 1 aliphatic heterocycles. The Bertz CT molecular complexity index is 341. The van der Waals surface area contributed by atoms with Crippen molar-refractivity contribution >= 4 is 5.82 Å². The summed E-state index contributed by atoms with van der Waals surface area (Å²) in [6.45, 7) is 3.67. The zero-order chi connectivity index (χ0) is 12.1. The lowest BCUT2D eigenvalue weighted by Crippen LogP contribution is -2.22. The van der Waals surface area contributed by atoms with Crippen molar-refractivity contribution < 1.29 is 4.74 Å². The number of hydrogen-bond donors (Lipinski definition) is 1. The van der Waals surface area contributed by atoms with Crippen LogP contribution in [-0.4, -0.2) is 43.8 Å². The summed E-state index contributed by atoms with van der Waals surface area (Å²) in [4.78, 5) is 11.1. The van der Waals surface area contributed by atoms with Crippen molar-refractivity contribution in [3.8, 4) is 0 Å². The predicted molar refractivity (Wildman–Crippen MR) is 67.0 cm³/mol. The Hall–Kier alpha value is -1.20. The maximum absolute atomic E-state index is 5.19. The van der Waals surface area contributed by atoms with E-state index in [1.807, 2.05) is 19.4 Å². The van der Waals surface area contributed by atoms with Gasteiger partial charge in [0, 0.05) is 32.7 Å². The molecule has 0 bridgehead atoms. The number of anilines is 1. The Morgan fingerprint density at radius 3 is 3.00 bits per heavy atom. The molecule has 0 spiro atoms. The molecule has 1 unspecified atom stereocenters. The second kappa shape index (κ2) is 5.93. The smallest absolute Gasteiger partial charge is 0.147 e. The first kappa shape index (κ1) is 12.3. The monoisotopic (exact) mass is 236 g/mol. The molecule has 0 aliphatic carbocycles. The Kier molecular flexibility index (Phi) is 4.28. The van der Waals surface area contributed by atoms with Crippen molar-refractivity contribution in [1.29, 1.82) is 0 Å². The van der Waals surface area contributed by atoms with Gasteiger partial charge in [0.1, 0.15) is 5.82 Å². The van der Waals surface area contributed by atoms with E-state index in [0.717, 1.165) is 37.8 Å². The van der Waals surface area contributed by atoms with Gasteiger partial charge in [-0.1, -0.05) is 0 Å². The second-order valence-corrected chi connectivity index (χ2v) is 4.45. The number of rotatable bonds is 5. The Morgan fingerprint density at radius 2 is 2.35 bits per heavy atom. The average molecular weight is 236 g/mol. The van der Waals surface area contributed by atoms with Gasteiger partial charge < -0.3 is 15.0 Å². The Balaban J connectivity index is 1.94. The second-order valence-electron chi connectivity index (χ2n) is 4.45. The fraction of sp³-hybridized carbons (Fsp3) is 0.667. The van der Waals surface area contributed by atoms with Crippen LogP contribution < -0.4 is 10.2 Å².